The van der Waals surface area contributed by atoms with Gasteiger partial charge in [0.2, 0.25) is 5.91 Å². The summed E-state index contributed by atoms with van der Waals surface area (Å²) in [6.07, 6.45) is 3.37. The molecule has 0 atom stereocenters. The van der Waals surface area contributed by atoms with E-state index in [1.807, 2.05) is 31.2 Å². The Kier molecular flexibility index (Phi) is 7.34. The number of amides is 1. The van der Waals surface area contributed by atoms with Crippen molar-refractivity contribution in [2.24, 2.45) is 0 Å². The van der Waals surface area contributed by atoms with E-state index in [9.17, 15) is 4.79 Å². The zero-order chi connectivity index (χ0) is 17.2. The number of rotatable bonds is 9. The van der Waals surface area contributed by atoms with Gasteiger partial charge in [-0.3, -0.25) is 4.79 Å². The van der Waals surface area contributed by atoms with Gasteiger partial charge < -0.3 is 10.1 Å². The molecule has 128 valence electrons. The zero-order valence-electron chi connectivity index (χ0n) is 14.7. The molecule has 2 rings (SSSR count). The summed E-state index contributed by atoms with van der Waals surface area (Å²) in [6, 6.07) is 16.4. The Morgan fingerprint density at radius 2 is 1.54 bits per heavy atom. The number of ether oxygens (including phenoxy) is 1. The van der Waals surface area contributed by atoms with E-state index in [0.29, 0.717) is 19.6 Å². The van der Waals surface area contributed by atoms with Gasteiger partial charge in [-0.15, -0.1) is 0 Å². The number of carbonyl (C=O) groups is 1. The molecule has 3 heteroatoms. The number of carbonyl (C=O) groups excluding carboxylic acids is 1. The van der Waals surface area contributed by atoms with Crippen molar-refractivity contribution in [2.45, 2.75) is 39.5 Å². The van der Waals surface area contributed by atoms with Gasteiger partial charge in [0.25, 0.3) is 0 Å². The first-order valence-corrected chi connectivity index (χ1v) is 8.77. The highest BCUT2D eigenvalue weighted by atomic mass is 16.5. The van der Waals surface area contributed by atoms with Crippen molar-refractivity contribution in [2.75, 3.05) is 13.2 Å². The third-order valence-electron chi connectivity index (χ3n) is 3.99. The smallest absolute Gasteiger partial charge is 0.224 e. The molecule has 0 unspecified atom stereocenters. The SMILES string of the molecule is CCOc1ccc(CCCNC(=O)Cc2ccc(CC)cc2)cc1. The molecule has 0 heterocycles. The second-order valence-electron chi connectivity index (χ2n) is 5.88. The number of hydrogen-bond donors (Lipinski definition) is 1. The first-order chi connectivity index (χ1) is 11.7. The van der Waals surface area contributed by atoms with Crippen LogP contribution in [0.4, 0.5) is 0 Å². The Morgan fingerprint density at radius 3 is 2.17 bits per heavy atom. The molecule has 2 aromatic carbocycles. The lowest BCUT2D eigenvalue weighted by Gasteiger charge is -2.07. The summed E-state index contributed by atoms with van der Waals surface area (Å²) in [4.78, 5) is 12.0. The minimum Gasteiger partial charge on any atom is -0.494 e. The molecule has 0 spiro atoms. The van der Waals surface area contributed by atoms with Gasteiger partial charge in [-0.1, -0.05) is 43.3 Å². The molecular weight excluding hydrogens is 298 g/mol. The van der Waals surface area contributed by atoms with E-state index in [2.05, 4.69) is 36.5 Å². The highest BCUT2D eigenvalue weighted by Gasteiger charge is 2.03. The Balaban J connectivity index is 1.66. The van der Waals surface area contributed by atoms with Crippen LogP contribution in [0.1, 0.15) is 37.0 Å². The summed E-state index contributed by atoms with van der Waals surface area (Å²) in [6.45, 7) is 5.51. The van der Waals surface area contributed by atoms with Gasteiger partial charge in [-0.25, -0.2) is 0 Å². The molecule has 0 aromatic heterocycles. The van der Waals surface area contributed by atoms with Crippen LogP contribution in [-0.2, 0) is 24.1 Å². The summed E-state index contributed by atoms with van der Waals surface area (Å²) in [5, 5.41) is 3.00. The van der Waals surface area contributed by atoms with Crippen molar-refractivity contribution >= 4 is 5.91 Å². The number of hydrogen-bond acceptors (Lipinski definition) is 2. The Morgan fingerprint density at radius 1 is 0.917 bits per heavy atom. The van der Waals surface area contributed by atoms with Gasteiger partial charge in [0.05, 0.1) is 13.0 Å². The molecule has 0 saturated carbocycles. The molecule has 0 saturated heterocycles. The summed E-state index contributed by atoms with van der Waals surface area (Å²) >= 11 is 0. The van der Waals surface area contributed by atoms with Crippen molar-refractivity contribution < 1.29 is 9.53 Å². The van der Waals surface area contributed by atoms with Crippen molar-refractivity contribution in [3.8, 4) is 5.75 Å². The van der Waals surface area contributed by atoms with E-state index in [4.69, 9.17) is 4.74 Å². The zero-order valence-corrected chi connectivity index (χ0v) is 14.7. The van der Waals surface area contributed by atoms with Gasteiger partial charge in [0.1, 0.15) is 5.75 Å². The molecule has 0 bridgehead atoms. The third-order valence-corrected chi connectivity index (χ3v) is 3.99. The molecule has 0 aliphatic carbocycles. The molecule has 0 aliphatic rings. The van der Waals surface area contributed by atoms with E-state index in [-0.39, 0.29) is 5.91 Å². The standard InChI is InChI=1S/C21H27NO2/c1-3-17-7-9-19(10-8-17)16-21(23)22-15-5-6-18-11-13-20(14-12-18)24-4-2/h7-14H,3-6,15-16H2,1-2H3,(H,22,23). The van der Waals surface area contributed by atoms with Crippen molar-refractivity contribution in [3.63, 3.8) is 0 Å². The Labute approximate surface area is 145 Å². The normalized spacial score (nSPS) is 10.4. The second-order valence-corrected chi connectivity index (χ2v) is 5.88. The van der Waals surface area contributed by atoms with Crippen LogP contribution in [0.3, 0.4) is 0 Å². The van der Waals surface area contributed by atoms with E-state index < -0.39 is 0 Å². The highest BCUT2D eigenvalue weighted by Crippen LogP contribution is 2.13. The molecule has 1 N–H and O–H groups in total. The summed E-state index contributed by atoms with van der Waals surface area (Å²) < 4.78 is 5.43. The van der Waals surface area contributed by atoms with Crippen LogP contribution < -0.4 is 10.1 Å². The topological polar surface area (TPSA) is 38.3 Å². The van der Waals surface area contributed by atoms with Crippen LogP contribution in [-0.4, -0.2) is 19.1 Å². The minimum atomic E-state index is 0.0888. The van der Waals surface area contributed by atoms with Crippen LogP contribution in [0.25, 0.3) is 0 Å². The largest absolute Gasteiger partial charge is 0.494 e. The maximum atomic E-state index is 12.0. The minimum absolute atomic E-state index is 0.0888. The second kappa shape index (κ2) is 9.76. The highest BCUT2D eigenvalue weighted by molar-refractivity contribution is 5.78. The fourth-order valence-corrected chi connectivity index (χ4v) is 2.58. The lowest BCUT2D eigenvalue weighted by Crippen LogP contribution is -2.26. The number of aryl methyl sites for hydroxylation is 2. The van der Waals surface area contributed by atoms with E-state index in [1.165, 1.54) is 11.1 Å². The van der Waals surface area contributed by atoms with Crippen molar-refractivity contribution in [3.05, 3.63) is 65.2 Å². The Hall–Kier alpha value is -2.29. The lowest BCUT2D eigenvalue weighted by molar-refractivity contribution is -0.120. The fourth-order valence-electron chi connectivity index (χ4n) is 2.58. The van der Waals surface area contributed by atoms with E-state index >= 15 is 0 Å². The van der Waals surface area contributed by atoms with Crippen LogP contribution in [0.15, 0.2) is 48.5 Å². The predicted molar refractivity (Wildman–Crippen MR) is 98.5 cm³/mol. The molecule has 3 nitrogen and oxygen atoms in total. The maximum Gasteiger partial charge on any atom is 0.224 e. The van der Waals surface area contributed by atoms with Gasteiger partial charge >= 0.3 is 0 Å². The first kappa shape index (κ1) is 18.1. The molecule has 0 fully saturated rings. The quantitative estimate of drug-likeness (QED) is 0.709. The molecule has 24 heavy (non-hydrogen) atoms. The van der Waals surface area contributed by atoms with Gasteiger partial charge in [0, 0.05) is 6.54 Å². The molecule has 1 amide bonds. The summed E-state index contributed by atoms with van der Waals surface area (Å²) in [5.41, 5.74) is 3.63. The van der Waals surface area contributed by atoms with E-state index in [0.717, 1.165) is 30.6 Å². The lowest BCUT2D eigenvalue weighted by atomic mass is 10.1. The first-order valence-electron chi connectivity index (χ1n) is 8.77. The fraction of sp³-hybridized carbons (Fsp3) is 0.381. The third kappa shape index (κ3) is 6.07. The molecular formula is C21H27NO2. The summed E-state index contributed by atoms with van der Waals surface area (Å²) in [7, 11) is 0. The molecule has 0 aliphatic heterocycles. The Bertz CT molecular complexity index is 617. The van der Waals surface area contributed by atoms with Crippen LogP contribution >= 0.6 is 0 Å². The average Bonchev–Trinajstić information content (AvgIpc) is 2.61. The van der Waals surface area contributed by atoms with Gasteiger partial charge in [-0.05, 0) is 55.0 Å². The summed E-state index contributed by atoms with van der Waals surface area (Å²) in [5.74, 6) is 0.995. The number of benzene rings is 2. The average molecular weight is 325 g/mol. The van der Waals surface area contributed by atoms with Crippen molar-refractivity contribution in [1.29, 1.82) is 0 Å². The predicted octanol–water partition coefficient (Wildman–Crippen LogP) is 3.94. The van der Waals surface area contributed by atoms with Crippen LogP contribution in [0.2, 0.25) is 0 Å². The van der Waals surface area contributed by atoms with Crippen LogP contribution in [0.5, 0.6) is 5.75 Å². The van der Waals surface area contributed by atoms with Crippen molar-refractivity contribution in [1.82, 2.24) is 5.32 Å². The van der Waals surface area contributed by atoms with Gasteiger partial charge in [-0.2, -0.15) is 0 Å². The van der Waals surface area contributed by atoms with Crippen LogP contribution in [0, 0.1) is 0 Å². The maximum absolute atomic E-state index is 12.0. The monoisotopic (exact) mass is 325 g/mol. The number of nitrogens with one attached hydrogen (secondary N) is 1. The molecule has 0 radical (unpaired) electrons. The molecule has 2 aromatic rings. The van der Waals surface area contributed by atoms with Gasteiger partial charge in [0.15, 0.2) is 0 Å². The van der Waals surface area contributed by atoms with E-state index in [1.54, 1.807) is 0 Å².